The van der Waals surface area contributed by atoms with Gasteiger partial charge in [-0.2, -0.15) is 0 Å². The fourth-order valence-corrected chi connectivity index (χ4v) is 11.1. The average Bonchev–Trinajstić information content (AvgIpc) is 3.73. The van der Waals surface area contributed by atoms with E-state index in [1.807, 2.05) is 0 Å². The molecule has 0 radical (unpaired) electrons. The van der Waals surface area contributed by atoms with Crippen LogP contribution in [0.3, 0.4) is 0 Å². The molecule has 0 aliphatic heterocycles. The zero-order chi connectivity index (χ0) is 46.4. The molecule has 1 aliphatic carbocycles. The maximum Gasteiger partial charge on any atom is 0.164 e. The van der Waals surface area contributed by atoms with Crippen molar-refractivity contribution in [3.8, 4) is 62.1 Å². The Morgan fingerprint density at radius 1 is 0.348 bits per heavy atom. The molecule has 4 nitrogen and oxygen atoms in total. The molecule has 0 fully saturated rings. The number of aromatic nitrogens is 4. The quantitative estimate of drug-likeness (QED) is 0.167. The monoisotopic (exact) mass is 886 g/mol. The maximum atomic E-state index is 5.30. The van der Waals surface area contributed by atoms with Gasteiger partial charge in [0.15, 0.2) is 17.5 Å². The lowest BCUT2D eigenvalue weighted by Crippen LogP contribution is -2.33. The van der Waals surface area contributed by atoms with Gasteiger partial charge in [0.05, 0.1) is 11.0 Å². The lowest BCUT2D eigenvalue weighted by Gasteiger charge is -2.42. The Labute approximate surface area is 402 Å². The third-order valence-electron chi connectivity index (χ3n) is 15.1. The predicted octanol–water partition coefficient (Wildman–Crippen LogP) is 17.1. The number of hydrogen-bond acceptors (Lipinski definition) is 3. The highest BCUT2D eigenvalue weighted by atomic mass is 15.0. The summed E-state index contributed by atoms with van der Waals surface area (Å²) >= 11 is 0. The molecule has 0 amide bonds. The summed E-state index contributed by atoms with van der Waals surface area (Å²) in [5.74, 6) is 1.90. The highest BCUT2D eigenvalue weighted by Gasteiger charge is 2.38. The predicted molar refractivity (Wildman–Crippen MR) is 289 cm³/mol. The van der Waals surface area contributed by atoms with Gasteiger partial charge >= 0.3 is 0 Å². The van der Waals surface area contributed by atoms with Crippen molar-refractivity contribution in [2.75, 3.05) is 0 Å². The summed E-state index contributed by atoms with van der Waals surface area (Å²) in [6, 6.07) is 74.7. The molecule has 0 unspecified atom stereocenters. The van der Waals surface area contributed by atoms with Crippen LogP contribution in [0.4, 0.5) is 0 Å². The van der Waals surface area contributed by atoms with Gasteiger partial charge in [-0.3, -0.25) is 0 Å². The molecule has 12 aromatic rings. The van der Waals surface area contributed by atoms with Crippen molar-refractivity contribution in [3.63, 3.8) is 0 Å². The fourth-order valence-electron chi connectivity index (χ4n) is 11.1. The van der Waals surface area contributed by atoms with E-state index in [0.29, 0.717) is 17.5 Å². The number of hydrogen-bond donors (Lipinski definition) is 0. The van der Waals surface area contributed by atoms with E-state index in [0.717, 1.165) is 56.3 Å². The molecule has 0 spiro atoms. The summed E-state index contributed by atoms with van der Waals surface area (Å²) in [7, 11) is 0. The van der Waals surface area contributed by atoms with Gasteiger partial charge in [-0.1, -0.05) is 191 Å². The number of rotatable bonds is 6. The summed E-state index contributed by atoms with van der Waals surface area (Å²) in [6.07, 6.45) is 2.34. The minimum Gasteiger partial charge on any atom is -0.309 e. The summed E-state index contributed by atoms with van der Waals surface area (Å²) in [5, 5.41) is 9.83. The van der Waals surface area contributed by atoms with Crippen molar-refractivity contribution in [3.05, 3.63) is 217 Å². The van der Waals surface area contributed by atoms with E-state index in [9.17, 15) is 0 Å². The molecular formula is C65H50N4. The third kappa shape index (κ3) is 6.93. The third-order valence-corrected chi connectivity index (χ3v) is 15.1. The molecule has 10 aromatic carbocycles. The average molecular weight is 887 g/mol. The Kier molecular flexibility index (Phi) is 9.32. The Bertz CT molecular complexity index is 4010. The highest BCUT2D eigenvalue weighted by molar-refractivity contribution is 6.21. The van der Waals surface area contributed by atoms with E-state index in [2.05, 4.69) is 239 Å². The van der Waals surface area contributed by atoms with Crippen LogP contribution in [0.2, 0.25) is 0 Å². The van der Waals surface area contributed by atoms with Crippen molar-refractivity contribution >= 4 is 54.1 Å². The molecule has 4 heteroatoms. The molecule has 0 saturated heterocycles. The Morgan fingerprint density at radius 3 is 1.74 bits per heavy atom. The van der Waals surface area contributed by atoms with E-state index >= 15 is 0 Å². The van der Waals surface area contributed by atoms with Crippen molar-refractivity contribution in [1.29, 1.82) is 0 Å². The lowest BCUT2D eigenvalue weighted by atomic mass is 9.63. The molecule has 0 atom stereocenters. The van der Waals surface area contributed by atoms with Gasteiger partial charge in [0.25, 0.3) is 0 Å². The summed E-state index contributed by atoms with van der Waals surface area (Å²) in [5.41, 5.74) is 14.1. The topological polar surface area (TPSA) is 43.6 Å². The first-order valence-electron chi connectivity index (χ1n) is 24.2. The smallest absolute Gasteiger partial charge is 0.164 e. The lowest BCUT2D eigenvalue weighted by molar-refractivity contribution is 0.332. The molecule has 0 N–H and O–H groups in total. The Morgan fingerprint density at radius 2 is 0.928 bits per heavy atom. The molecule has 330 valence electrons. The van der Waals surface area contributed by atoms with Gasteiger partial charge in [-0.15, -0.1) is 0 Å². The van der Waals surface area contributed by atoms with Gasteiger partial charge in [-0.05, 0) is 132 Å². The summed E-state index contributed by atoms with van der Waals surface area (Å²) in [4.78, 5) is 15.8. The minimum atomic E-state index is 0.0745. The zero-order valence-corrected chi connectivity index (χ0v) is 39.3. The first-order chi connectivity index (χ1) is 33.6. The molecule has 1 aliphatic rings. The molecule has 69 heavy (non-hydrogen) atoms. The van der Waals surface area contributed by atoms with Crippen molar-refractivity contribution in [2.45, 2.75) is 51.4 Å². The Hall–Kier alpha value is -8.21. The maximum absolute atomic E-state index is 5.30. The highest BCUT2D eigenvalue weighted by Crippen LogP contribution is 2.49. The molecule has 2 heterocycles. The second-order valence-corrected chi connectivity index (χ2v) is 20.3. The molecule has 0 bridgehead atoms. The minimum absolute atomic E-state index is 0.0745. The second-order valence-electron chi connectivity index (χ2n) is 20.3. The number of nitrogens with zero attached hydrogens (tertiary/aromatic N) is 4. The van der Waals surface area contributed by atoms with Crippen LogP contribution in [0.5, 0.6) is 0 Å². The summed E-state index contributed by atoms with van der Waals surface area (Å²) in [6.45, 7) is 9.70. The van der Waals surface area contributed by atoms with Crippen LogP contribution in [0.25, 0.3) is 116 Å². The van der Waals surface area contributed by atoms with Crippen LogP contribution >= 0.6 is 0 Å². The summed E-state index contributed by atoms with van der Waals surface area (Å²) < 4.78 is 2.50. The van der Waals surface area contributed by atoms with Crippen molar-refractivity contribution in [1.82, 2.24) is 19.5 Å². The van der Waals surface area contributed by atoms with Gasteiger partial charge in [0, 0.05) is 33.2 Å². The van der Waals surface area contributed by atoms with Crippen LogP contribution in [-0.2, 0) is 10.8 Å². The van der Waals surface area contributed by atoms with Crippen LogP contribution in [-0.4, -0.2) is 19.5 Å². The van der Waals surface area contributed by atoms with E-state index in [1.54, 1.807) is 0 Å². The Balaban J connectivity index is 0.973. The van der Waals surface area contributed by atoms with Crippen molar-refractivity contribution in [2.24, 2.45) is 0 Å². The standard InChI is InChI=1S/C65H50N4/c1-64(2)34-35-65(3,4)57-40-59-55(39-56(57)64)60-53-22-11-10-17-44(53)30-33-58(60)69(59)51-31-32-52-49(38-51)20-13-23-54(52)63-67-61(66-62(68-63)50-21-12-19-47(37-50)41-14-6-5-7-15-41)45-27-24-43(25-28-45)48-29-26-42-16-8-9-18-46(42)36-48/h5-33,36-40H,34-35H2,1-4H3. The van der Waals surface area contributed by atoms with E-state index in [1.165, 1.54) is 66.5 Å². The fraction of sp³-hybridized carbons (Fsp3) is 0.123. The largest absolute Gasteiger partial charge is 0.309 e. The van der Waals surface area contributed by atoms with Gasteiger partial charge in [0.1, 0.15) is 0 Å². The van der Waals surface area contributed by atoms with Crippen LogP contribution in [0, 0.1) is 0 Å². The van der Waals surface area contributed by atoms with Crippen LogP contribution < -0.4 is 0 Å². The van der Waals surface area contributed by atoms with E-state index in [4.69, 9.17) is 15.0 Å². The first-order valence-corrected chi connectivity index (χ1v) is 24.2. The normalized spacial score (nSPS) is 14.2. The zero-order valence-electron chi connectivity index (χ0n) is 39.3. The molecule has 13 rings (SSSR count). The van der Waals surface area contributed by atoms with E-state index < -0.39 is 0 Å². The molecular weight excluding hydrogens is 837 g/mol. The number of benzene rings is 10. The van der Waals surface area contributed by atoms with E-state index in [-0.39, 0.29) is 10.8 Å². The first kappa shape index (κ1) is 41.0. The van der Waals surface area contributed by atoms with Gasteiger partial charge in [-0.25, -0.2) is 15.0 Å². The van der Waals surface area contributed by atoms with Crippen molar-refractivity contribution < 1.29 is 0 Å². The SMILES string of the molecule is CC1(C)CCC(C)(C)c2cc3c(cc21)c1c2ccccc2ccc1n3-c1ccc2c(-c3nc(-c4ccc(-c5ccc6ccccc6c5)cc4)nc(-c4cccc(-c5ccccc5)c4)n3)cccc2c1. The number of fused-ring (bicyclic) bond motifs is 8. The van der Waals surface area contributed by atoms with Crippen LogP contribution in [0.1, 0.15) is 51.7 Å². The molecule has 0 saturated carbocycles. The van der Waals surface area contributed by atoms with Gasteiger partial charge < -0.3 is 4.57 Å². The molecule has 2 aromatic heterocycles. The van der Waals surface area contributed by atoms with Gasteiger partial charge in [0.2, 0.25) is 0 Å². The van der Waals surface area contributed by atoms with Crippen LogP contribution in [0.15, 0.2) is 206 Å². The second kappa shape index (κ2) is 15.7.